The maximum absolute atomic E-state index is 13.2. The summed E-state index contributed by atoms with van der Waals surface area (Å²) in [5.74, 6) is -0.270. The van der Waals surface area contributed by atoms with Crippen molar-refractivity contribution in [2.24, 2.45) is 0 Å². The van der Waals surface area contributed by atoms with Crippen LogP contribution in [0.5, 0.6) is 0 Å². The van der Waals surface area contributed by atoms with Gasteiger partial charge < -0.3 is 9.88 Å². The molecule has 0 bridgehead atoms. The van der Waals surface area contributed by atoms with E-state index in [4.69, 9.17) is 0 Å². The minimum atomic E-state index is -0.592. The average Bonchev–Trinajstić information content (AvgIpc) is 3.13. The molecule has 0 aliphatic heterocycles. The second-order valence-electron chi connectivity index (χ2n) is 5.92. The summed E-state index contributed by atoms with van der Waals surface area (Å²) in [5.41, 5.74) is 3.04. The summed E-state index contributed by atoms with van der Waals surface area (Å²) < 4.78 is 1.73. The first-order chi connectivity index (χ1) is 12.1. The molecule has 25 heavy (non-hydrogen) atoms. The number of aromatic nitrogens is 1. The first kappa shape index (κ1) is 16.7. The third-order valence-corrected chi connectivity index (χ3v) is 4.22. The summed E-state index contributed by atoms with van der Waals surface area (Å²) in [6.07, 6.45) is 1.77. The maximum atomic E-state index is 13.2. The van der Waals surface area contributed by atoms with Crippen LogP contribution in [0.3, 0.4) is 0 Å². The van der Waals surface area contributed by atoms with E-state index < -0.39 is 6.04 Å². The quantitative estimate of drug-likeness (QED) is 0.725. The topological polar surface area (TPSA) is 51.1 Å². The van der Waals surface area contributed by atoms with E-state index in [0.717, 1.165) is 11.1 Å². The number of ketones is 1. The van der Waals surface area contributed by atoms with Crippen molar-refractivity contribution in [3.05, 3.63) is 95.3 Å². The highest BCUT2D eigenvalue weighted by Gasteiger charge is 2.26. The first-order valence-electron chi connectivity index (χ1n) is 8.16. The van der Waals surface area contributed by atoms with E-state index in [1.54, 1.807) is 42.1 Å². The Bertz CT molecular complexity index is 880. The smallest absolute Gasteiger partial charge is 0.267 e. The van der Waals surface area contributed by atoms with Crippen molar-refractivity contribution < 1.29 is 9.59 Å². The molecular weight excluding hydrogens is 312 g/mol. The zero-order valence-electron chi connectivity index (χ0n) is 14.3. The van der Waals surface area contributed by atoms with E-state index in [2.05, 4.69) is 5.32 Å². The number of amides is 1. The number of aryl methyl sites for hydroxylation is 1. The number of Topliss-reactive ketones (excluding diaryl/α,β-unsaturated/α-hetero) is 1. The Balaban J connectivity index is 2.13. The van der Waals surface area contributed by atoms with Crippen LogP contribution in [0.15, 0.2) is 72.9 Å². The Labute approximate surface area is 147 Å². The van der Waals surface area contributed by atoms with E-state index in [0.29, 0.717) is 11.3 Å². The van der Waals surface area contributed by atoms with Crippen molar-refractivity contribution in [1.82, 2.24) is 9.88 Å². The summed E-state index contributed by atoms with van der Waals surface area (Å²) >= 11 is 0. The predicted molar refractivity (Wildman–Crippen MR) is 97.9 cm³/mol. The largest absolute Gasteiger partial charge is 0.354 e. The zero-order valence-corrected chi connectivity index (χ0v) is 14.3. The van der Waals surface area contributed by atoms with Gasteiger partial charge in [0, 0.05) is 18.8 Å². The molecule has 4 nitrogen and oxygen atoms in total. The zero-order chi connectivity index (χ0) is 17.8. The molecule has 4 heteroatoms. The van der Waals surface area contributed by atoms with Gasteiger partial charge in [0.1, 0.15) is 11.7 Å². The highest BCUT2D eigenvalue weighted by atomic mass is 16.2. The summed E-state index contributed by atoms with van der Waals surface area (Å²) in [4.78, 5) is 25.4. The number of hydrogen-bond acceptors (Lipinski definition) is 2. The van der Waals surface area contributed by atoms with Crippen molar-refractivity contribution in [1.29, 1.82) is 0 Å². The number of nitrogens with one attached hydrogen (secondary N) is 1. The van der Waals surface area contributed by atoms with E-state index >= 15 is 0 Å². The Morgan fingerprint density at radius 2 is 1.60 bits per heavy atom. The fourth-order valence-corrected chi connectivity index (χ4v) is 2.89. The summed E-state index contributed by atoms with van der Waals surface area (Å²) in [5, 5.41) is 2.63. The summed E-state index contributed by atoms with van der Waals surface area (Å²) in [6.45, 7) is 2.00. The Morgan fingerprint density at radius 1 is 0.920 bits per heavy atom. The Hall–Kier alpha value is -3.14. The van der Waals surface area contributed by atoms with Gasteiger partial charge in [0.25, 0.3) is 5.91 Å². The second kappa shape index (κ2) is 7.18. The van der Waals surface area contributed by atoms with Gasteiger partial charge in [-0.05, 0) is 24.6 Å². The molecule has 126 valence electrons. The van der Waals surface area contributed by atoms with Gasteiger partial charge in [-0.25, -0.2) is 0 Å². The van der Waals surface area contributed by atoms with E-state index in [1.165, 1.54) is 0 Å². The summed E-state index contributed by atoms with van der Waals surface area (Å²) in [6, 6.07) is 19.9. The van der Waals surface area contributed by atoms with Crippen molar-refractivity contribution in [3.63, 3.8) is 0 Å². The first-order valence-corrected chi connectivity index (χ1v) is 8.16. The van der Waals surface area contributed by atoms with Crippen molar-refractivity contribution in [2.75, 3.05) is 7.05 Å². The fraction of sp³-hybridized carbons (Fsp3) is 0.143. The molecule has 2 aromatic carbocycles. The van der Waals surface area contributed by atoms with E-state index in [1.807, 2.05) is 49.4 Å². The highest BCUT2D eigenvalue weighted by Crippen LogP contribution is 2.26. The molecule has 0 saturated carbocycles. The molecule has 0 saturated heterocycles. The van der Waals surface area contributed by atoms with Crippen molar-refractivity contribution in [2.45, 2.75) is 13.0 Å². The molecule has 0 fully saturated rings. The van der Waals surface area contributed by atoms with Crippen LogP contribution in [0.1, 0.15) is 38.0 Å². The number of benzene rings is 2. The molecule has 0 radical (unpaired) electrons. The molecule has 3 rings (SSSR count). The molecule has 1 unspecified atom stereocenters. The molecule has 0 spiro atoms. The maximum Gasteiger partial charge on any atom is 0.267 e. The number of carbonyl (C=O) groups excluding carboxylic acids is 2. The number of rotatable bonds is 5. The lowest BCUT2D eigenvalue weighted by Crippen LogP contribution is -2.27. The molecule has 0 aliphatic rings. The Morgan fingerprint density at radius 3 is 2.24 bits per heavy atom. The lowest BCUT2D eigenvalue weighted by atomic mass is 9.96. The van der Waals surface area contributed by atoms with Crippen molar-refractivity contribution in [3.8, 4) is 0 Å². The van der Waals surface area contributed by atoms with Crippen molar-refractivity contribution >= 4 is 11.7 Å². The molecule has 3 aromatic rings. The van der Waals surface area contributed by atoms with Gasteiger partial charge >= 0.3 is 0 Å². The van der Waals surface area contributed by atoms with Gasteiger partial charge in [0.05, 0.1) is 0 Å². The van der Waals surface area contributed by atoms with E-state index in [9.17, 15) is 9.59 Å². The van der Waals surface area contributed by atoms with Crippen LogP contribution < -0.4 is 5.32 Å². The predicted octanol–water partition coefficient (Wildman–Crippen LogP) is 3.63. The lowest BCUT2D eigenvalue weighted by Gasteiger charge is -2.21. The van der Waals surface area contributed by atoms with Gasteiger partial charge in [-0.3, -0.25) is 9.59 Å². The third-order valence-electron chi connectivity index (χ3n) is 4.22. The normalized spacial score (nSPS) is 11.8. The van der Waals surface area contributed by atoms with Gasteiger partial charge in [0.15, 0.2) is 5.78 Å². The highest BCUT2D eigenvalue weighted by molar-refractivity contribution is 6.02. The van der Waals surface area contributed by atoms with Crippen LogP contribution in [0.25, 0.3) is 0 Å². The minimum absolute atomic E-state index is 0.0502. The number of nitrogens with zero attached hydrogens (tertiary/aromatic N) is 1. The van der Waals surface area contributed by atoms with E-state index in [-0.39, 0.29) is 11.7 Å². The molecule has 1 heterocycles. The molecule has 1 amide bonds. The van der Waals surface area contributed by atoms with Gasteiger partial charge in [-0.1, -0.05) is 60.2 Å². The van der Waals surface area contributed by atoms with Crippen LogP contribution in [0, 0.1) is 6.92 Å². The molecule has 1 atom stereocenters. The Kier molecular flexibility index (Phi) is 4.80. The number of carbonyl (C=O) groups is 2. The third kappa shape index (κ3) is 3.38. The van der Waals surface area contributed by atoms with Gasteiger partial charge in [0.2, 0.25) is 0 Å². The molecule has 0 aliphatic carbocycles. The van der Waals surface area contributed by atoms with Crippen LogP contribution >= 0.6 is 0 Å². The summed E-state index contributed by atoms with van der Waals surface area (Å²) in [7, 11) is 1.58. The molecule has 1 aromatic heterocycles. The molecular formula is C21H20N2O2. The fourth-order valence-electron chi connectivity index (χ4n) is 2.89. The number of hydrogen-bond donors (Lipinski definition) is 1. The van der Waals surface area contributed by atoms with Gasteiger partial charge in [-0.2, -0.15) is 0 Å². The average molecular weight is 332 g/mol. The van der Waals surface area contributed by atoms with Crippen LogP contribution in [-0.4, -0.2) is 23.3 Å². The van der Waals surface area contributed by atoms with Gasteiger partial charge in [-0.15, -0.1) is 0 Å². The van der Waals surface area contributed by atoms with Crippen LogP contribution in [0.2, 0.25) is 0 Å². The standard InChI is InChI=1S/C21H20N2O2/c1-15-10-12-16(13-11-15)19(20(24)17-7-4-3-5-8-17)23-14-6-9-18(23)21(25)22-2/h3-14,19H,1-2H3,(H,22,25). The molecule has 1 N–H and O–H groups in total. The minimum Gasteiger partial charge on any atom is -0.354 e. The van der Waals surface area contributed by atoms with Crippen LogP contribution in [0.4, 0.5) is 0 Å². The monoisotopic (exact) mass is 332 g/mol. The second-order valence-corrected chi connectivity index (χ2v) is 5.92. The van der Waals surface area contributed by atoms with Crippen LogP contribution in [-0.2, 0) is 0 Å². The SMILES string of the molecule is CNC(=O)c1cccn1C(C(=O)c1ccccc1)c1ccc(C)cc1. The lowest BCUT2D eigenvalue weighted by molar-refractivity contribution is 0.0928.